The molecule has 0 N–H and O–H groups in total. The number of hydrogen-bond acceptors (Lipinski definition) is 2. The first-order valence-electron chi connectivity index (χ1n) is 10.1. The molecule has 0 aromatic carbocycles. The SMILES string of the molecule is CC(=O)[C@H]1CC[C@H]2[C@@H]3CC(Cl)C4=CC(=O)CC(C)[C@]4(C)[C@H]3CC[C@]12C. The molecule has 3 heteroatoms. The topological polar surface area (TPSA) is 34.1 Å². The fourth-order valence-electron chi connectivity index (χ4n) is 7.59. The number of Topliss-reactive ketones (excluding diaryl/α,β-unsaturated/α-hetero) is 1. The zero-order valence-electron chi connectivity index (χ0n) is 16.0. The van der Waals surface area contributed by atoms with Crippen LogP contribution in [0, 0.1) is 40.4 Å². The molecular weight excluding hydrogens is 332 g/mol. The van der Waals surface area contributed by atoms with Crippen LogP contribution in [0.2, 0.25) is 0 Å². The monoisotopic (exact) mass is 362 g/mol. The summed E-state index contributed by atoms with van der Waals surface area (Å²) in [6.07, 6.45) is 8.09. The van der Waals surface area contributed by atoms with Crippen LogP contribution in [-0.4, -0.2) is 16.9 Å². The maximum atomic E-state index is 12.2. The highest BCUT2D eigenvalue weighted by Crippen LogP contribution is 2.68. The summed E-state index contributed by atoms with van der Waals surface area (Å²) >= 11 is 6.88. The first-order valence-corrected chi connectivity index (χ1v) is 10.5. The summed E-state index contributed by atoms with van der Waals surface area (Å²) in [5.74, 6) is 3.06. The molecule has 0 aromatic rings. The van der Waals surface area contributed by atoms with Gasteiger partial charge in [0.1, 0.15) is 5.78 Å². The maximum absolute atomic E-state index is 12.2. The van der Waals surface area contributed by atoms with Gasteiger partial charge in [-0.25, -0.2) is 0 Å². The van der Waals surface area contributed by atoms with Gasteiger partial charge in [-0.1, -0.05) is 20.8 Å². The maximum Gasteiger partial charge on any atom is 0.156 e. The number of carbonyl (C=O) groups is 2. The molecule has 0 spiro atoms. The van der Waals surface area contributed by atoms with Crippen molar-refractivity contribution in [3.63, 3.8) is 0 Å². The largest absolute Gasteiger partial charge is 0.300 e. The molecule has 2 nitrogen and oxygen atoms in total. The standard InChI is InChI=1S/C22H31ClO2/c1-12-9-14(25)10-19-20(23)11-15-17-6-5-16(13(2)24)21(17,3)8-7-18(15)22(12,19)4/h10,12,15-18,20H,5-9,11H2,1-4H3/t12?,15-,16+,17-,18-,20?,21+,22+/m0/s1. The summed E-state index contributed by atoms with van der Waals surface area (Å²) in [6.45, 7) is 8.78. The predicted octanol–water partition coefficient (Wildman–Crippen LogP) is 5.19. The van der Waals surface area contributed by atoms with Gasteiger partial charge in [0.2, 0.25) is 0 Å². The Hall–Kier alpha value is -0.630. The Balaban J connectivity index is 1.74. The minimum Gasteiger partial charge on any atom is -0.300 e. The van der Waals surface area contributed by atoms with Crippen molar-refractivity contribution in [3.05, 3.63) is 11.6 Å². The second kappa shape index (κ2) is 5.68. The number of ketones is 2. The Morgan fingerprint density at radius 3 is 2.60 bits per heavy atom. The van der Waals surface area contributed by atoms with Crippen LogP contribution >= 0.6 is 11.6 Å². The molecule has 25 heavy (non-hydrogen) atoms. The molecule has 0 saturated heterocycles. The van der Waals surface area contributed by atoms with Crippen LogP contribution in [0.25, 0.3) is 0 Å². The molecule has 0 bridgehead atoms. The number of halogens is 1. The van der Waals surface area contributed by atoms with Crippen molar-refractivity contribution in [2.45, 2.75) is 71.6 Å². The highest BCUT2D eigenvalue weighted by Gasteiger charge is 2.62. The molecule has 8 atom stereocenters. The van der Waals surface area contributed by atoms with Crippen molar-refractivity contribution in [3.8, 4) is 0 Å². The van der Waals surface area contributed by atoms with E-state index in [9.17, 15) is 9.59 Å². The molecule has 4 aliphatic rings. The lowest BCUT2D eigenvalue weighted by atomic mass is 9.45. The van der Waals surface area contributed by atoms with Crippen molar-refractivity contribution in [1.29, 1.82) is 0 Å². The third-order valence-electron chi connectivity index (χ3n) is 8.98. The molecule has 3 fully saturated rings. The number of hydrogen-bond donors (Lipinski definition) is 0. The summed E-state index contributed by atoms with van der Waals surface area (Å²) in [5.41, 5.74) is 1.43. The van der Waals surface area contributed by atoms with Crippen LogP contribution in [-0.2, 0) is 9.59 Å². The summed E-state index contributed by atoms with van der Waals surface area (Å²) in [6, 6.07) is 0. The Labute approximate surface area is 156 Å². The zero-order chi connectivity index (χ0) is 18.1. The summed E-state index contributed by atoms with van der Waals surface area (Å²) in [7, 11) is 0. The molecule has 138 valence electrons. The van der Waals surface area contributed by atoms with E-state index >= 15 is 0 Å². The van der Waals surface area contributed by atoms with E-state index in [1.807, 2.05) is 6.08 Å². The van der Waals surface area contributed by atoms with E-state index in [2.05, 4.69) is 20.8 Å². The molecule has 0 aliphatic heterocycles. The van der Waals surface area contributed by atoms with Gasteiger partial charge in [-0.15, -0.1) is 11.6 Å². The van der Waals surface area contributed by atoms with Gasteiger partial charge in [-0.3, -0.25) is 9.59 Å². The van der Waals surface area contributed by atoms with Crippen LogP contribution in [0.3, 0.4) is 0 Å². The molecule has 4 aliphatic carbocycles. The van der Waals surface area contributed by atoms with Gasteiger partial charge in [-0.05, 0) is 85.2 Å². The van der Waals surface area contributed by atoms with Crippen molar-refractivity contribution in [1.82, 2.24) is 0 Å². The van der Waals surface area contributed by atoms with Crippen molar-refractivity contribution in [2.75, 3.05) is 0 Å². The first kappa shape index (κ1) is 17.8. The predicted molar refractivity (Wildman–Crippen MR) is 100 cm³/mol. The fraction of sp³-hybridized carbons (Fsp3) is 0.818. The Kier molecular flexibility index (Phi) is 4.04. The molecular formula is C22H31ClO2. The summed E-state index contributed by atoms with van der Waals surface area (Å²) in [5, 5.41) is -0.0170. The summed E-state index contributed by atoms with van der Waals surface area (Å²) < 4.78 is 0. The van der Waals surface area contributed by atoms with Gasteiger partial charge in [0.15, 0.2) is 5.78 Å². The lowest BCUT2D eigenvalue weighted by molar-refractivity contribution is -0.129. The van der Waals surface area contributed by atoms with Gasteiger partial charge in [-0.2, -0.15) is 0 Å². The number of allylic oxidation sites excluding steroid dienone is 1. The lowest BCUT2D eigenvalue weighted by Crippen LogP contribution is -2.55. The molecule has 2 unspecified atom stereocenters. The van der Waals surface area contributed by atoms with E-state index in [1.54, 1.807) is 6.92 Å². The van der Waals surface area contributed by atoms with E-state index in [0.29, 0.717) is 35.9 Å². The van der Waals surface area contributed by atoms with Gasteiger partial charge >= 0.3 is 0 Å². The highest BCUT2D eigenvalue weighted by molar-refractivity contribution is 6.23. The normalized spacial score (nSPS) is 52.0. The minimum atomic E-state index is -0.0170. The highest BCUT2D eigenvalue weighted by atomic mass is 35.5. The molecule has 0 radical (unpaired) electrons. The van der Waals surface area contributed by atoms with E-state index in [4.69, 9.17) is 11.6 Å². The Bertz CT molecular complexity index is 652. The van der Waals surface area contributed by atoms with E-state index in [-0.39, 0.29) is 27.9 Å². The van der Waals surface area contributed by atoms with E-state index in [0.717, 1.165) is 19.3 Å². The average Bonchev–Trinajstić information content (AvgIpc) is 2.88. The number of alkyl halides is 1. The van der Waals surface area contributed by atoms with Gasteiger partial charge in [0.05, 0.1) is 5.38 Å². The lowest BCUT2D eigenvalue weighted by Gasteiger charge is -2.60. The molecule has 0 heterocycles. The average molecular weight is 363 g/mol. The van der Waals surface area contributed by atoms with Crippen LogP contribution in [0.1, 0.15) is 66.2 Å². The minimum absolute atomic E-state index is 0.0170. The first-order chi connectivity index (χ1) is 11.7. The Morgan fingerprint density at radius 2 is 1.92 bits per heavy atom. The Morgan fingerprint density at radius 1 is 1.20 bits per heavy atom. The molecule has 4 rings (SSSR count). The number of carbonyl (C=O) groups excluding carboxylic acids is 2. The molecule has 0 aromatic heterocycles. The van der Waals surface area contributed by atoms with Crippen LogP contribution in [0.4, 0.5) is 0 Å². The molecule has 3 saturated carbocycles. The second-order valence-electron chi connectivity index (χ2n) is 9.82. The van der Waals surface area contributed by atoms with E-state index < -0.39 is 0 Å². The second-order valence-corrected chi connectivity index (χ2v) is 10.3. The van der Waals surface area contributed by atoms with Crippen LogP contribution < -0.4 is 0 Å². The number of fused-ring (bicyclic) bond motifs is 5. The third-order valence-corrected chi connectivity index (χ3v) is 9.40. The van der Waals surface area contributed by atoms with Crippen molar-refractivity contribution < 1.29 is 9.59 Å². The quantitative estimate of drug-likeness (QED) is 0.602. The van der Waals surface area contributed by atoms with Crippen molar-refractivity contribution >= 4 is 23.2 Å². The van der Waals surface area contributed by atoms with Crippen molar-refractivity contribution in [2.24, 2.45) is 40.4 Å². The van der Waals surface area contributed by atoms with Crippen LogP contribution in [0.15, 0.2) is 11.6 Å². The van der Waals surface area contributed by atoms with E-state index in [1.165, 1.54) is 18.4 Å². The smallest absolute Gasteiger partial charge is 0.156 e. The van der Waals surface area contributed by atoms with Gasteiger partial charge in [0.25, 0.3) is 0 Å². The summed E-state index contributed by atoms with van der Waals surface area (Å²) in [4.78, 5) is 24.4. The molecule has 0 amide bonds. The third kappa shape index (κ3) is 2.28. The van der Waals surface area contributed by atoms with Crippen LogP contribution in [0.5, 0.6) is 0 Å². The van der Waals surface area contributed by atoms with Gasteiger partial charge in [0, 0.05) is 12.3 Å². The zero-order valence-corrected chi connectivity index (χ0v) is 16.7. The number of rotatable bonds is 1. The fourth-order valence-corrected chi connectivity index (χ4v) is 8.09. The van der Waals surface area contributed by atoms with Gasteiger partial charge < -0.3 is 0 Å².